The molecule has 0 atom stereocenters. The summed E-state index contributed by atoms with van der Waals surface area (Å²) in [6, 6.07) is 9.64. The summed E-state index contributed by atoms with van der Waals surface area (Å²) in [5.74, 6) is -0.939. The van der Waals surface area contributed by atoms with Crippen LogP contribution in [0.3, 0.4) is 0 Å². The number of rotatable bonds is 4. The average Bonchev–Trinajstić information content (AvgIpc) is 2.79. The van der Waals surface area contributed by atoms with Crippen molar-refractivity contribution in [3.63, 3.8) is 0 Å². The Morgan fingerprint density at radius 3 is 2.44 bits per heavy atom. The van der Waals surface area contributed by atoms with Gasteiger partial charge in [-0.05, 0) is 57.0 Å². The lowest BCUT2D eigenvalue weighted by molar-refractivity contribution is 0.0845. The van der Waals surface area contributed by atoms with E-state index in [0.717, 1.165) is 21.0 Å². The summed E-state index contributed by atoms with van der Waals surface area (Å²) in [6.07, 6.45) is 0. The van der Waals surface area contributed by atoms with Crippen LogP contribution in [-0.4, -0.2) is 30.6 Å². The lowest BCUT2D eigenvalue weighted by Crippen LogP contribution is -2.36. The highest BCUT2D eigenvalue weighted by Gasteiger charge is 2.42. The molecule has 6 nitrogen and oxygen atoms in total. The molecule has 1 aliphatic rings. The van der Waals surface area contributed by atoms with E-state index >= 15 is 0 Å². The number of sulfonamides is 1. The minimum absolute atomic E-state index is 0.106. The van der Waals surface area contributed by atoms with E-state index in [4.69, 9.17) is 0 Å². The maximum absolute atomic E-state index is 12.6. The molecule has 0 aromatic heterocycles. The van der Waals surface area contributed by atoms with Crippen molar-refractivity contribution in [1.29, 1.82) is 0 Å². The molecule has 7 heteroatoms. The molecule has 1 aliphatic heterocycles. The Balaban J connectivity index is 1.85. The van der Waals surface area contributed by atoms with Crippen LogP contribution in [0.2, 0.25) is 0 Å². The zero-order valence-electron chi connectivity index (χ0n) is 15.7. The number of hydrogen-bond donors (Lipinski definition) is 1. The topological polar surface area (TPSA) is 83.6 Å². The third-order valence-corrected chi connectivity index (χ3v) is 6.62. The smallest absolute Gasteiger partial charge is 0.269 e. The second kappa shape index (κ2) is 6.81. The summed E-state index contributed by atoms with van der Waals surface area (Å²) in [4.78, 5) is 24.7. The number of carbonyl (C=O) groups is 2. The van der Waals surface area contributed by atoms with Gasteiger partial charge in [0, 0.05) is 18.2 Å². The molecule has 142 valence electrons. The van der Waals surface area contributed by atoms with Crippen LogP contribution in [0.1, 0.15) is 51.3 Å². The number of fused-ring (bicyclic) bond motifs is 1. The Bertz CT molecular complexity index is 1040. The summed E-state index contributed by atoms with van der Waals surface area (Å²) >= 11 is 0. The molecular formula is C20H22N2O4S. The fourth-order valence-corrected chi connectivity index (χ4v) is 5.01. The van der Waals surface area contributed by atoms with Crippen LogP contribution >= 0.6 is 0 Å². The van der Waals surface area contributed by atoms with Crippen molar-refractivity contribution in [2.75, 3.05) is 0 Å². The predicted molar refractivity (Wildman–Crippen MR) is 102 cm³/mol. The van der Waals surface area contributed by atoms with Crippen LogP contribution in [0.25, 0.3) is 0 Å². The summed E-state index contributed by atoms with van der Waals surface area (Å²) in [5, 5.41) is 2.81. The van der Waals surface area contributed by atoms with Crippen molar-refractivity contribution in [3.05, 3.63) is 64.2 Å². The maximum atomic E-state index is 12.6. The highest BCUT2D eigenvalue weighted by atomic mass is 32.2. The molecule has 0 bridgehead atoms. The standard InChI is InChI=1S/C20H22N2O4S/c1-12(2)22-20(24)17-8-7-15(10-18(17)27(22,25)26)19(23)21-11-16-6-5-13(3)9-14(16)4/h5-10,12H,11H2,1-4H3,(H,21,23). The quantitative estimate of drug-likeness (QED) is 0.876. The Kier molecular flexibility index (Phi) is 4.82. The minimum atomic E-state index is -3.93. The van der Waals surface area contributed by atoms with Gasteiger partial charge < -0.3 is 5.32 Å². The Labute approximate surface area is 159 Å². The van der Waals surface area contributed by atoms with Gasteiger partial charge in [0.1, 0.15) is 4.90 Å². The van der Waals surface area contributed by atoms with Crippen LogP contribution in [-0.2, 0) is 16.6 Å². The highest BCUT2D eigenvalue weighted by molar-refractivity contribution is 7.90. The molecule has 2 aromatic carbocycles. The van der Waals surface area contributed by atoms with E-state index in [0.29, 0.717) is 6.54 Å². The van der Waals surface area contributed by atoms with E-state index in [1.165, 1.54) is 18.2 Å². The number of nitrogens with zero attached hydrogens (tertiary/aromatic N) is 1. The van der Waals surface area contributed by atoms with E-state index in [9.17, 15) is 18.0 Å². The first-order chi connectivity index (χ1) is 12.6. The van der Waals surface area contributed by atoms with Gasteiger partial charge >= 0.3 is 0 Å². The summed E-state index contributed by atoms with van der Waals surface area (Å²) in [5.41, 5.74) is 3.52. The number of aryl methyl sites for hydroxylation is 2. The zero-order valence-corrected chi connectivity index (χ0v) is 16.6. The SMILES string of the molecule is Cc1ccc(CNC(=O)c2ccc3c(c2)S(=O)(=O)N(C(C)C)C3=O)c(C)c1. The van der Waals surface area contributed by atoms with Crippen LogP contribution < -0.4 is 5.32 Å². The second-order valence-corrected chi connectivity index (χ2v) is 8.81. The van der Waals surface area contributed by atoms with Gasteiger partial charge in [-0.25, -0.2) is 12.7 Å². The van der Waals surface area contributed by atoms with Gasteiger partial charge in [0.05, 0.1) is 5.56 Å². The van der Waals surface area contributed by atoms with Crippen molar-refractivity contribution >= 4 is 21.8 Å². The average molecular weight is 386 g/mol. The van der Waals surface area contributed by atoms with Gasteiger partial charge in [-0.2, -0.15) is 0 Å². The Morgan fingerprint density at radius 2 is 1.81 bits per heavy atom. The Morgan fingerprint density at radius 1 is 1.11 bits per heavy atom. The molecule has 3 rings (SSSR count). The van der Waals surface area contributed by atoms with Crippen molar-refractivity contribution in [3.8, 4) is 0 Å². The van der Waals surface area contributed by atoms with Gasteiger partial charge in [-0.1, -0.05) is 23.8 Å². The Hall–Kier alpha value is -2.67. The fraction of sp³-hybridized carbons (Fsp3) is 0.300. The first-order valence-corrected chi connectivity index (χ1v) is 10.1. The van der Waals surface area contributed by atoms with Crippen molar-refractivity contribution in [1.82, 2.24) is 9.62 Å². The molecule has 0 radical (unpaired) electrons. The third-order valence-electron chi connectivity index (χ3n) is 4.62. The van der Waals surface area contributed by atoms with Gasteiger partial charge in [0.15, 0.2) is 0 Å². The molecule has 2 amide bonds. The van der Waals surface area contributed by atoms with E-state index in [1.54, 1.807) is 13.8 Å². The fourth-order valence-electron chi connectivity index (χ4n) is 3.22. The largest absolute Gasteiger partial charge is 0.348 e. The molecule has 0 saturated heterocycles. The van der Waals surface area contributed by atoms with E-state index in [1.807, 2.05) is 32.0 Å². The zero-order chi connectivity index (χ0) is 19.9. The van der Waals surface area contributed by atoms with Gasteiger partial charge in [0.2, 0.25) is 0 Å². The number of nitrogens with one attached hydrogen (secondary N) is 1. The molecule has 0 saturated carbocycles. The summed E-state index contributed by atoms with van der Waals surface area (Å²) in [6.45, 7) is 7.59. The van der Waals surface area contributed by atoms with Crippen molar-refractivity contribution in [2.45, 2.75) is 45.2 Å². The van der Waals surface area contributed by atoms with Crippen LogP contribution in [0.4, 0.5) is 0 Å². The van der Waals surface area contributed by atoms with Crippen LogP contribution in [0.15, 0.2) is 41.3 Å². The van der Waals surface area contributed by atoms with E-state index < -0.39 is 22.0 Å². The van der Waals surface area contributed by atoms with E-state index in [2.05, 4.69) is 5.32 Å². The van der Waals surface area contributed by atoms with Crippen LogP contribution in [0, 0.1) is 13.8 Å². The molecule has 0 unspecified atom stereocenters. The molecule has 1 N–H and O–H groups in total. The van der Waals surface area contributed by atoms with Crippen LogP contribution in [0.5, 0.6) is 0 Å². The van der Waals surface area contributed by atoms with Gasteiger partial charge in [-0.3, -0.25) is 9.59 Å². The van der Waals surface area contributed by atoms with Gasteiger partial charge in [-0.15, -0.1) is 0 Å². The molecule has 0 spiro atoms. The number of benzene rings is 2. The first kappa shape index (κ1) is 19.1. The highest BCUT2D eigenvalue weighted by Crippen LogP contribution is 2.32. The maximum Gasteiger partial charge on any atom is 0.269 e. The van der Waals surface area contributed by atoms with E-state index in [-0.39, 0.29) is 21.9 Å². The number of carbonyl (C=O) groups excluding carboxylic acids is 2. The first-order valence-electron chi connectivity index (χ1n) is 8.70. The summed E-state index contributed by atoms with van der Waals surface area (Å²) in [7, 11) is -3.93. The lowest BCUT2D eigenvalue weighted by atomic mass is 10.1. The minimum Gasteiger partial charge on any atom is -0.348 e. The summed E-state index contributed by atoms with van der Waals surface area (Å²) < 4.78 is 26.1. The number of hydrogen-bond acceptors (Lipinski definition) is 4. The molecular weight excluding hydrogens is 364 g/mol. The predicted octanol–water partition coefficient (Wildman–Crippen LogP) is 2.79. The number of amides is 2. The van der Waals surface area contributed by atoms with Crippen molar-refractivity contribution < 1.29 is 18.0 Å². The van der Waals surface area contributed by atoms with Crippen molar-refractivity contribution in [2.24, 2.45) is 0 Å². The molecule has 2 aromatic rings. The molecule has 27 heavy (non-hydrogen) atoms. The molecule has 0 fully saturated rings. The molecule has 0 aliphatic carbocycles. The third kappa shape index (κ3) is 3.35. The monoisotopic (exact) mass is 386 g/mol. The second-order valence-electron chi connectivity index (χ2n) is 7.02. The lowest BCUT2D eigenvalue weighted by Gasteiger charge is -2.18. The van der Waals surface area contributed by atoms with Gasteiger partial charge in [0.25, 0.3) is 21.8 Å². The molecule has 1 heterocycles. The normalized spacial score (nSPS) is 15.1.